The number of hydrogen-bond acceptors (Lipinski definition) is 4. The third-order valence-electron chi connectivity index (χ3n) is 3.49. The monoisotopic (exact) mass is 245 g/mol. The van der Waals surface area contributed by atoms with Crippen LogP contribution in [0.2, 0.25) is 0 Å². The number of pyridine rings is 1. The molecule has 1 aliphatic rings. The summed E-state index contributed by atoms with van der Waals surface area (Å²) in [6, 6.07) is 4.08. The fourth-order valence-corrected chi connectivity index (χ4v) is 2.41. The topological polar surface area (TPSA) is 54.2 Å². The van der Waals surface area contributed by atoms with E-state index in [2.05, 4.69) is 27.6 Å². The maximum absolute atomic E-state index is 4.46. The van der Waals surface area contributed by atoms with Gasteiger partial charge < -0.3 is 10.6 Å². The van der Waals surface area contributed by atoms with E-state index in [-0.39, 0.29) is 0 Å². The molecule has 96 valence electrons. The van der Waals surface area contributed by atoms with Crippen LogP contribution in [0.1, 0.15) is 18.4 Å². The first-order valence-corrected chi connectivity index (χ1v) is 6.59. The Morgan fingerprint density at radius 3 is 3.33 bits per heavy atom. The van der Waals surface area contributed by atoms with Crippen molar-refractivity contribution in [2.75, 3.05) is 25.0 Å². The van der Waals surface area contributed by atoms with Crippen LogP contribution in [-0.2, 0) is 0 Å². The van der Waals surface area contributed by atoms with E-state index in [1.165, 1.54) is 18.4 Å². The lowest BCUT2D eigenvalue weighted by Gasteiger charge is -2.07. The molecule has 2 aromatic rings. The molecule has 1 unspecified atom stereocenters. The molecule has 2 aromatic heterocycles. The second kappa shape index (κ2) is 4.94. The van der Waals surface area contributed by atoms with Crippen LogP contribution in [0.15, 0.2) is 18.3 Å². The summed E-state index contributed by atoms with van der Waals surface area (Å²) in [5, 5.41) is 11.1. The molecular weight excluding hydrogens is 226 g/mol. The second-order valence-electron chi connectivity index (χ2n) is 5.02. The zero-order chi connectivity index (χ0) is 12.4. The quantitative estimate of drug-likeness (QED) is 0.856. The largest absolute Gasteiger partial charge is 0.353 e. The van der Waals surface area contributed by atoms with E-state index >= 15 is 0 Å². The van der Waals surface area contributed by atoms with Crippen molar-refractivity contribution in [1.29, 1.82) is 0 Å². The highest BCUT2D eigenvalue weighted by atomic mass is 15.3. The Morgan fingerprint density at radius 1 is 1.56 bits per heavy atom. The van der Waals surface area contributed by atoms with Crippen molar-refractivity contribution in [3.05, 3.63) is 23.9 Å². The Kier molecular flexibility index (Phi) is 3.15. The standard InChI is InChI=1S/C13H19N5/c1-10-4-7-18-12(8-10)16-13(17-18)15-6-3-11-2-5-14-9-11/h4,7-8,11,14H,2-3,5-6,9H2,1H3,(H,15,17). The number of anilines is 1. The third-order valence-corrected chi connectivity index (χ3v) is 3.49. The molecule has 1 saturated heterocycles. The first-order chi connectivity index (χ1) is 8.81. The van der Waals surface area contributed by atoms with Gasteiger partial charge in [0.15, 0.2) is 5.65 Å². The fourth-order valence-electron chi connectivity index (χ4n) is 2.41. The molecule has 1 atom stereocenters. The number of aryl methyl sites for hydroxylation is 1. The average Bonchev–Trinajstić information content (AvgIpc) is 2.97. The van der Waals surface area contributed by atoms with Crippen molar-refractivity contribution in [3.63, 3.8) is 0 Å². The number of nitrogens with zero attached hydrogens (tertiary/aromatic N) is 3. The molecule has 0 bridgehead atoms. The van der Waals surface area contributed by atoms with Crippen molar-refractivity contribution >= 4 is 11.6 Å². The highest BCUT2D eigenvalue weighted by Crippen LogP contribution is 2.12. The van der Waals surface area contributed by atoms with Gasteiger partial charge >= 0.3 is 0 Å². The maximum atomic E-state index is 4.46. The summed E-state index contributed by atoms with van der Waals surface area (Å²) in [6.45, 7) is 5.33. The summed E-state index contributed by atoms with van der Waals surface area (Å²) in [5.41, 5.74) is 2.11. The summed E-state index contributed by atoms with van der Waals surface area (Å²) in [5.74, 6) is 1.53. The van der Waals surface area contributed by atoms with Crippen molar-refractivity contribution in [2.24, 2.45) is 5.92 Å². The highest BCUT2D eigenvalue weighted by molar-refractivity contribution is 5.45. The minimum atomic E-state index is 0.728. The van der Waals surface area contributed by atoms with Crippen LogP contribution in [0.25, 0.3) is 5.65 Å². The van der Waals surface area contributed by atoms with Gasteiger partial charge in [0.05, 0.1) is 0 Å². The zero-order valence-corrected chi connectivity index (χ0v) is 10.7. The first-order valence-electron chi connectivity index (χ1n) is 6.59. The third kappa shape index (κ3) is 2.46. The van der Waals surface area contributed by atoms with Crippen LogP contribution in [0.3, 0.4) is 0 Å². The van der Waals surface area contributed by atoms with Gasteiger partial charge in [0, 0.05) is 12.7 Å². The molecule has 2 N–H and O–H groups in total. The molecule has 0 amide bonds. The molecule has 0 spiro atoms. The SMILES string of the molecule is Cc1ccn2nc(NCCC3CCNC3)nc2c1. The smallest absolute Gasteiger partial charge is 0.243 e. The second-order valence-corrected chi connectivity index (χ2v) is 5.02. The Balaban J connectivity index is 1.60. The average molecular weight is 245 g/mol. The van der Waals surface area contributed by atoms with Gasteiger partial charge in [0.25, 0.3) is 0 Å². The van der Waals surface area contributed by atoms with Crippen LogP contribution < -0.4 is 10.6 Å². The molecule has 18 heavy (non-hydrogen) atoms. The van der Waals surface area contributed by atoms with E-state index in [9.17, 15) is 0 Å². The van der Waals surface area contributed by atoms with Gasteiger partial charge in [0.1, 0.15) is 0 Å². The summed E-state index contributed by atoms with van der Waals surface area (Å²) in [6.07, 6.45) is 4.42. The van der Waals surface area contributed by atoms with Crippen LogP contribution in [0.4, 0.5) is 5.95 Å². The van der Waals surface area contributed by atoms with Gasteiger partial charge in [-0.1, -0.05) is 0 Å². The lowest BCUT2D eigenvalue weighted by molar-refractivity contribution is 0.548. The van der Waals surface area contributed by atoms with Crippen molar-refractivity contribution in [3.8, 4) is 0 Å². The molecule has 5 heteroatoms. The molecule has 3 heterocycles. The van der Waals surface area contributed by atoms with E-state index in [0.717, 1.165) is 37.1 Å². The Hall–Kier alpha value is -1.62. The molecule has 5 nitrogen and oxygen atoms in total. The van der Waals surface area contributed by atoms with Gasteiger partial charge in [-0.2, -0.15) is 4.98 Å². The number of fused-ring (bicyclic) bond motifs is 1. The first kappa shape index (κ1) is 11.5. The highest BCUT2D eigenvalue weighted by Gasteiger charge is 2.13. The molecule has 0 aromatic carbocycles. The van der Waals surface area contributed by atoms with Gasteiger partial charge in [-0.15, -0.1) is 5.10 Å². The Bertz CT molecular complexity index is 527. The van der Waals surface area contributed by atoms with Crippen LogP contribution in [-0.4, -0.2) is 34.2 Å². The number of rotatable bonds is 4. The lowest BCUT2D eigenvalue weighted by Crippen LogP contribution is -2.13. The summed E-state index contributed by atoms with van der Waals surface area (Å²) in [7, 11) is 0. The Morgan fingerprint density at radius 2 is 2.50 bits per heavy atom. The molecule has 0 radical (unpaired) electrons. The summed E-state index contributed by atoms with van der Waals surface area (Å²) >= 11 is 0. The molecule has 0 saturated carbocycles. The number of aromatic nitrogens is 3. The van der Waals surface area contributed by atoms with Crippen LogP contribution in [0, 0.1) is 12.8 Å². The summed E-state index contributed by atoms with van der Waals surface area (Å²) in [4.78, 5) is 4.46. The molecular formula is C13H19N5. The minimum absolute atomic E-state index is 0.728. The van der Waals surface area contributed by atoms with Crippen LogP contribution >= 0.6 is 0 Å². The van der Waals surface area contributed by atoms with E-state index in [4.69, 9.17) is 0 Å². The Labute approximate surface area is 107 Å². The molecule has 0 aliphatic carbocycles. The van der Waals surface area contributed by atoms with E-state index < -0.39 is 0 Å². The van der Waals surface area contributed by atoms with Gasteiger partial charge in [-0.3, -0.25) is 0 Å². The van der Waals surface area contributed by atoms with E-state index in [1.54, 1.807) is 0 Å². The number of hydrogen-bond donors (Lipinski definition) is 2. The molecule has 3 rings (SSSR count). The van der Waals surface area contributed by atoms with Gasteiger partial charge in [0.2, 0.25) is 5.95 Å². The van der Waals surface area contributed by atoms with E-state index in [1.807, 2.05) is 22.8 Å². The van der Waals surface area contributed by atoms with Crippen LogP contribution in [0.5, 0.6) is 0 Å². The molecule has 1 aliphatic heterocycles. The van der Waals surface area contributed by atoms with E-state index in [0.29, 0.717) is 0 Å². The predicted octanol–water partition coefficient (Wildman–Crippen LogP) is 1.45. The lowest BCUT2D eigenvalue weighted by atomic mass is 10.1. The molecule has 1 fully saturated rings. The number of nitrogens with one attached hydrogen (secondary N) is 2. The van der Waals surface area contributed by atoms with Crippen molar-refractivity contribution in [1.82, 2.24) is 19.9 Å². The van der Waals surface area contributed by atoms with Crippen molar-refractivity contribution in [2.45, 2.75) is 19.8 Å². The predicted molar refractivity (Wildman–Crippen MR) is 71.8 cm³/mol. The maximum Gasteiger partial charge on any atom is 0.243 e. The summed E-state index contributed by atoms with van der Waals surface area (Å²) < 4.78 is 1.81. The van der Waals surface area contributed by atoms with Crippen molar-refractivity contribution < 1.29 is 0 Å². The van der Waals surface area contributed by atoms with Gasteiger partial charge in [-0.25, -0.2) is 4.52 Å². The minimum Gasteiger partial charge on any atom is -0.353 e. The normalized spacial score (nSPS) is 19.5. The zero-order valence-electron chi connectivity index (χ0n) is 10.7. The van der Waals surface area contributed by atoms with Gasteiger partial charge in [-0.05, 0) is 56.5 Å². The fraction of sp³-hybridized carbons (Fsp3) is 0.538.